The molecule has 0 atom stereocenters. The topological polar surface area (TPSA) is 113 Å². The molecule has 4 rings (SSSR count). The first-order valence-corrected chi connectivity index (χ1v) is 10.2. The Labute approximate surface area is 191 Å². The van der Waals surface area contributed by atoms with Crippen LogP contribution < -0.4 is 26.0 Å². The zero-order chi connectivity index (χ0) is 23.0. The number of aromatic nitrogens is 3. The second-order valence-corrected chi connectivity index (χ2v) is 7.04. The highest BCUT2D eigenvalue weighted by Gasteiger charge is 2.06. The summed E-state index contributed by atoms with van der Waals surface area (Å²) < 4.78 is 5.11. The Balaban J connectivity index is 1.36. The third kappa shape index (κ3) is 6.17. The maximum Gasteiger partial charge on any atom is 0.323 e. The van der Waals surface area contributed by atoms with E-state index in [1.54, 1.807) is 55.8 Å². The number of hydrogen-bond donors (Lipinski definition) is 4. The summed E-state index contributed by atoms with van der Waals surface area (Å²) in [5.74, 6) is 3.32. The van der Waals surface area contributed by atoms with Crippen molar-refractivity contribution in [1.29, 1.82) is 0 Å². The second kappa shape index (κ2) is 10.1. The van der Waals surface area contributed by atoms with Crippen molar-refractivity contribution in [3.05, 3.63) is 84.8 Å². The Hall–Kier alpha value is -4.66. The number of pyridine rings is 1. The van der Waals surface area contributed by atoms with E-state index < -0.39 is 0 Å². The summed E-state index contributed by atoms with van der Waals surface area (Å²) in [4.78, 5) is 25.3. The van der Waals surface area contributed by atoms with E-state index in [-0.39, 0.29) is 6.03 Å². The highest BCUT2D eigenvalue weighted by atomic mass is 16.5. The molecule has 0 saturated heterocycles. The van der Waals surface area contributed by atoms with Gasteiger partial charge in [-0.1, -0.05) is 6.07 Å². The summed E-state index contributed by atoms with van der Waals surface area (Å²) in [7, 11) is 1.59. The number of benzene rings is 2. The number of amides is 2. The molecule has 4 aromatic rings. The Morgan fingerprint density at radius 2 is 1.36 bits per heavy atom. The molecule has 4 N–H and O–H groups in total. The molecule has 2 amide bonds. The molecular weight excluding hydrogens is 418 g/mol. The average molecular weight is 441 g/mol. The number of nitrogens with zero attached hydrogens (tertiary/aromatic N) is 3. The summed E-state index contributed by atoms with van der Waals surface area (Å²) in [5, 5.41) is 12.0. The van der Waals surface area contributed by atoms with Crippen LogP contribution >= 0.6 is 0 Å². The van der Waals surface area contributed by atoms with Crippen LogP contribution in [0.4, 0.5) is 39.3 Å². The Bertz CT molecular complexity index is 1210. The first-order chi connectivity index (χ1) is 16.1. The van der Waals surface area contributed by atoms with Crippen LogP contribution in [-0.4, -0.2) is 28.1 Å². The fourth-order valence-corrected chi connectivity index (χ4v) is 3.02. The van der Waals surface area contributed by atoms with Gasteiger partial charge in [0.05, 0.1) is 7.11 Å². The van der Waals surface area contributed by atoms with Gasteiger partial charge >= 0.3 is 6.03 Å². The highest BCUT2D eigenvalue weighted by molar-refractivity contribution is 5.99. The average Bonchev–Trinajstić information content (AvgIpc) is 2.81. The predicted molar refractivity (Wildman–Crippen MR) is 130 cm³/mol. The minimum absolute atomic E-state index is 0.336. The molecule has 2 heterocycles. The van der Waals surface area contributed by atoms with Crippen molar-refractivity contribution in [2.45, 2.75) is 6.92 Å². The zero-order valence-electron chi connectivity index (χ0n) is 18.2. The summed E-state index contributed by atoms with van der Waals surface area (Å²) in [6, 6.07) is 21.5. The Morgan fingerprint density at radius 1 is 0.758 bits per heavy atom. The van der Waals surface area contributed by atoms with Crippen LogP contribution in [0.1, 0.15) is 5.82 Å². The number of ether oxygens (including phenoxy) is 1. The predicted octanol–water partition coefficient (Wildman–Crippen LogP) is 5.32. The summed E-state index contributed by atoms with van der Waals surface area (Å²) in [6.07, 6.45) is 1.71. The standard InChI is InChI=1S/C24H23N7O2/c1-16-26-22(15-23(27-16)31-21-5-3-4-14-25-21)28-17-6-8-18(9-7-17)29-24(32)30-19-10-12-20(33-2)13-11-19/h3-15H,1-2H3,(H2,29,30,32)(H2,25,26,27,28,31). The quantitative estimate of drug-likeness (QED) is 0.307. The van der Waals surface area contributed by atoms with Crippen molar-refractivity contribution in [3.8, 4) is 5.75 Å². The van der Waals surface area contributed by atoms with Crippen LogP contribution in [0.3, 0.4) is 0 Å². The number of anilines is 6. The summed E-state index contributed by atoms with van der Waals surface area (Å²) in [6.45, 7) is 1.82. The molecule has 2 aromatic heterocycles. The number of carbonyl (C=O) groups is 1. The molecule has 0 unspecified atom stereocenters. The zero-order valence-corrected chi connectivity index (χ0v) is 18.2. The van der Waals surface area contributed by atoms with E-state index in [2.05, 4.69) is 36.2 Å². The van der Waals surface area contributed by atoms with Gasteiger partial charge in [-0.2, -0.15) is 0 Å². The third-order valence-electron chi connectivity index (χ3n) is 4.52. The molecule has 166 valence electrons. The summed E-state index contributed by atoms with van der Waals surface area (Å²) in [5.41, 5.74) is 2.14. The van der Waals surface area contributed by atoms with Gasteiger partial charge in [-0.05, 0) is 67.6 Å². The van der Waals surface area contributed by atoms with Gasteiger partial charge in [-0.25, -0.2) is 19.7 Å². The Morgan fingerprint density at radius 3 is 1.97 bits per heavy atom. The first kappa shape index (κ1) is 21.6. The lowest BCUT2D eigenvalue weighted by atomic mass is 10.2. The molecular formula is C24H23N7O2. The van der Waals surface area contributed by atoms with Gasteiger partial charge in [0.1, 0.15) is 29.0 Å². The smallest absolute Gasteiger partial charge is 0.323 e. The van der Waals surface area contributed by atoms with Gasteiger partial charge in [0, 0.05) is 29.3 Å². The van der Waals surface area contributed by atoms with E-state index in [1.807, 2.05) is 37.3 Å². The lowest BCUT2D eigenvalue weighted by Gasteiger charge is -2.11. The van der Waals surface area contributed by atoms with Gasteiger partial charge in [0.25, 0.3) is 0 Å². The number of rotatable bonds is 7. The molecule has 0 saturated carbocycles. The lowest BCUT2D eigenvalue weighted by Crippen LogP contribution is -2.19. The minimum atomic E-state index is -0.336. The number of nitrogens with one attached hydrogen (secondary N) is 4. The van der Waals surface area contributed by atoms with Gasteiger partial charge < -0.3 is 26.0 Å². The third-order valence-corrected chi connectivity index (χ3v) is 4.52. The number of carbonyl (C=O) groups excluding carboxylic acids is 1. The van der Waals surface area contributed by atoms with Gasteiger partial charge in [0.15, 0.2) is 0 Å². The lowest BCUT2D eigenvalue weighted by molar-refractivity contribution is 0.262. The highest BCUT2D eigenvalue weighted by Crippen LogP contribution is 2.21. The van der Waals surface area contributed by atoms with Crippen LogP contribution in [0.25, 0.3) is 0 Å². The molecule has 0 bridgehead atoms. The van der Waals surface area contributed by atoms with Crippen molar-refractivity contribution in [2.24, 2.45) is 0 Å². The maximum absolute atomic E-state index is 12.2. The summed E-state index contributed by atoms with van der Waals surface area (Å²) >= 11 is 0. The van der Waals surface area contributed by atoms with Gasteiger partial charge in [-0.3, -0.25) is 0 Å². The van der Waals surface area contributed by atoms with Gasteiger partial charge in [0.2, 0.25) is 0 Å². The largest absolute Gasteiger partial charge is 0.497 e. The molecule has 0 aliphatic rings. The van der Waals surface area contributed by atoms with Crippen molar-refractivity contribution in [1.82, 2.24) is 15.0 Å². The van der Waals surface area contributed by atoms with E-state index >= 15 is 0 Å². The molecule has 0 radical (unpaired) electrons. The molecule has 0 aliphatic carbocycles. The fraction of sp³-hybridized carbons (Fsp3) is 0.0833. The number of hydrogen-bond acceptors (Lipinski definition) is 7. The maximum atomic E-state index is 12.2. The Kier molecular flexibility index (Phi) is 6.60. The normalized spacial score (nSPS) is 10.2. The van der Waals surface area contributed by atoms with E-state index in [1.165, 1.54) is 0 Å². The van der Waals surface area contributed by atoms with Crippen LogP contribution in [0.5, 0.6) is 5.75 Å². The van der Waals surface area contributed by atoms with Crippen LogP contribution in [-0.2, 0) is 0 Å². The molecule has 9 heteroatoms. The minimum Gasteiger partial charge on any atom is -0.497 e. The van der Waals surface area contributed by atoms with Crippen molar-refractivity contribution in [2.75, 3.05) is 28.4 Å². The van der Waals surface area contributed by atoms with E-state index in [9.17, 15) is 4.79 Å². The van der Waals surface area contributed by atoms with Crippen LogP contribution in [0.15, 0.2) is 79.0 Å². The second-order valence-electron chi connectivity index (χ2n) is 7.04. The number of aryl methyl sites for hydroxylation is 1. The fourth-order valence-electron chi connectivity index (χ4n) is 3.02. The molecule has 0 aliphatic heterocycles. The van der Waals surface area contributed by atoms with E-state index in [0.717, 1.165) is 11.4 Å². The number of methoxy groups -OCH3 is 1. The SMILES string of the molecule is COc1ccc(NC(=O)Nc2ccc(Nc3cc(Nc4ccccn4)nc(C)n3)cc2)cc1. The van der Waals surface area contributed by atoms with Crippen LogP contribution in [0.2, 0.25) is 0 Å². The number of urea groups is 1. The van der Waals surface area contributed by atoms with Crippen molar-refractivity contribution < 1.29 is 9.53 Å². The molecule has 0 fully saturated rings. The molecule has 33 heavy (non-hydrogen) atoms. The molecule has 2 aromatic carbocycles. The molecule has 0 spiro atoms. The first-order valence-electron chi connectivity index (χ1n) is 10.2. The molecule has 9 nitrogen and oxygen atoms in total. The van der Waals surface area contributed by atoms with Gasteiger partial charge in [-0.15, -0.1) is 0 Å². The van der Waals surface area contributed by atoms with Crippen molar-refractivity contribution in [3.63, 3.8) is 0 Å². The van der Waals surface area contributed by atoms with E-state index in [0.29, 0.717) is 34.7 Å². The van der Waals surface area contributed by atoms with E-state index in [4.69, 9.17) is 4.74 Å². The van der Waals surface area contributed by atoms with Crippen molar-refractivity contribution >= 4 is 40.5 Å². The van der Waals surface area contributed by atoms with Crippen LogP contribution in [0, 0.1) is 6.92 Å². The monoisotopic (exact) mass is 441 g/mol.